The number of benzene rings is 1. The number of halogens is 5. The van der Waals surface area contributed by atoms with Crippen LogP contribution in [0.5, 0.6) is 0 Å². The third kappa shape index (κ3) is 4.65. The lowest BCUT2D eigenvalue weighted by Gasteiger charge is -2.15. The molecule has 1 saturated carbocycles. The summed E-state index contributed by atoms with van der Waals surface area (Å²) in [5.41, 5.74) is 0.432. The standard InChI is InChI=1S/C20H18BrF4N5O/c1-11(30-17(13-5-6-13)16(21)18(28-30)20(23,24)25)19(31)27-15-8-26-29(10-15)9-12-3-2-4-14(22)7-12/h2-4,7-8,10-11,13H,5-6,9H2,1H3,(H,27,31). The second-order valence-electron chi connectivity index (χ2n) is 7.49. The first kappa shape index (κ1) is 21.5. The minimum atomic E-state index is -4.62. The molecule has 0 bridgehead atoms. The maximum absolute atomic E-state index is 13.3. The van der Waals surface area contributed by atoms with Gasteiger partial charge in [0.2, 0.25) is 5.91 Å². The van der Waals surface area contributed by atoms with E-state index in [1.165, 1.54) is 29.9 Å². The Morgan fingerprint density at radius 1 is 1.35 bits per heavy atom. The van der Waals surface area contributed by atoms with Crippen LogP contribution in [0.3, 0.4) is 0 Å². The van der Waals surface area contributed by atoms with Crippen LogP contribution in [-0.4, -0.2) is 25.5 Å². The number of nitrogens with zero attached hydrogens (tertiary/aromatic N) is 4. The van der Waals surface area contributed by atoms with Crippen LogP contribution < -0.4 is 5.32 Å². The van der Waals surface area contributed by atoms with Gasteiger partial charge in [-0.3, -0.25) is 14.2 Å². The third-order valence-electron chi connectivity index (χ3n) is 5.00. The summed E-state index contributed by atoms with van der Waals surface area (Å²) in [6.07, 6.45) is -0.128. The topological polar surface area (TPSA) is 64.7 Å². The summed E-state index contributed by atoms with van der Waals surface area (Å²) in [6.45, 7) is 1.80. The molecule has 1 fully saturated rings. The lowest BCUT2D eigenvalue weighted by molar-refractivity contribution is -0.142. The smallest absolute Gasteiger partial charge is 0.322 e. The first-order valence-corrected chi connectivity index (χ1v) is 10.4. The maximum Gasteiger partial charge on any atom is 0.436 e. The van der Waals surface area contributed by atoms with Gasteiger partial charge in [-0.25, -0.2) is 4.39 Å². The molecule has 3 aromatic rings. The number of nitrogens with one attached hydrogen (secondary N) is 1. The number of hydrogen-bond donors (Lipinski definition) is 1. The van der Waals surface area contributed by atoms with Gasteiger partial charge in [0.05, 0.1) is 28.6 Å². The quantitative estimate of drug-likeness (QED) is 0.478. The number of carbonyl (C=O) groups is 1. The van der Waals surface area contributed by atoms with Crippen molar-refractivity contribution in [1.29, 1.82) is 0 Å². The first-order valence-electron chi connectivity index (χ1n) is 9.56. The van der Waals surface area contributed by atoms with Crippen LogP contribution in [0.2, 0.25) is 0 Å². The van der Waals surface area contributed by atoms with Gasteiger partial charge < -0.3 is 5.32 Å². The zero-order valence-electron chi connectivity index (χ0n) is 16.3. The van der Waals surface area contributed by atoms with Gasteiger partial charge in [0.15, 0.2) is 5.69 Å². The molecule has 1 aromatic carbocycles. The van der Waals surface area contributed by atoms with Gasteiger partial charge >= 0.3 is 6.18 Å². The highest BCUT2D eigenvalue weighted by molar-refractivity contribution is 9.10. The lowest BCUT2D eigenvalue weighted by atomic mass is 10.2. The molecule has 1 unspecified atom stereocenters. The van der Waals surface area contributed by atoms with Gasteiger partial charge in [-0.05, 0) is 53.4 Å². The Hall–Kier alpha value is -2.69. The highest BCUT2D eigenvalue weighted by Crippen LogP contribution is 2.47. The highest BCUT2D eigenvalue weighted by Gasteiger charge is 2.43. The molecule has 1 aliphatic carbocycles. The Morgan fingerprint density at radius 3 is 2.74 bits per heavy atom. The van der Waals surface area contributed by atoms with Gasteiger partial charge in [0.25, 0.3) is 0 Å². The van der Waals surface area contributed by atoms with E-state index in [1.807, 2.05) is 0 Å². The van der Waals surface area contributed by atoms with Crippen molar-refractivity contribution >= 4 is 27.5 Å². The summed E-state index contributed by atoms with van der Waals surface area (Å²) in [7, 11) is 0. The summed E-state index contributed by atoms with van der Waals surface area (Å²) in [5, 5.41) is 10.5. The molecule has 11 heteroatoms. The van der Waals surface area contributed by atoms with E-state index in [0.29, 0.717) is 23.5 Å². The van der Waals surface area contributed by atoms with Crippen molar-refractivity contribution in [3.63, 3.8) is 0 Å². The summed E-state index contributed by atoms with van der Waals surface area (Å²) in [4.78, 5) is 12.7. The third-order valence-corrected chi connectivity index (χ3v) is 5.78. The largest absolute Gasteiger partial charge is 0.436 e. The van der Waals surface area contributed by atoms with E-state index in [4.69, 9.17) is 0 Å². The molecule has 6 nitrogen and oxygen atoms in total. The monoisotopic (exact) mass is 499 g/mol. The van der Waals surface area contributed by atoms with Gasteiger partial charge in [-0.2, -0.15) is 23.4 Å². The Balaban J connectivity index is 1.50. The molecule has 2 aromatic heterocycles. The number of carbonyl (C=O) groups excluding carboxylic acids is 1. The molecule has 2 heterocycles. The Morgan fingerprint density at radius 2 is 2.10 bits per heavy atom. The van der Waals surface area contributed by atoms with Crippen molar-refractivity contribution < 1.29 is 22.4 Å². The molecule has 164 valence electrons. The Labute approximate surface area is 183 Å². The molecule has 0 radical (unpaired) electrons. The van der Waals surface area contributed by atoms with Crippen molar-refractivity contribution in [3.05, 3.63) is 63.9 Å². The number of rotatable bonds is 6. The average molecular weight is 500 g/mol. The van der Waals surface area contributed by atoms with Crippen molar-refractivity contribution in [2.24, 2.45) is 0 Å². The molecule has 4 rings (SSSR count). The van der Waals surface area contributed by atoms with E-state index in [9.17, 15) is 22.4 Å². The van der Waals surface area contributed by atoms with E-state index in [1.54, 1.807) is 18.3 Å². The zero-order chi connectivity index (χ0) is 22.3. The SMILES string of the molecule is CC(C(=O)Nc1cnn(Cc2cccc(F)c2)c1)n1nc(C(F)(F)F)c(Br)c1C1CC1. The second-order valence-corrected chi connectivity index (χ2v) is 8.28. The van der Waals surface area contributed by atoms with Crippen LogP contribution >= 0.6 is 15.9 Å². The molecule has 0 saturated heterocycles. The molecule has 1 aliphatic rings. The van der Waals surface area contributed by atoms with Crippen molar-refractivity contribution in [3.8, 4) is 0 Å². The average Bonchev–Trinajstić information content (AvgIpc) is 3.33. The normalized spacial score (nSPS) is 15.2. The predicted octanol–water partition coefficient (Wildman–Crippen LogP) is 5.13. The molecule has 0 spiro atoms. The highest BCUT2D eigenvalue weighted by atomic mass is 79.9. The van der Waals surface area contributed by atoms with Gasteiger partial charge in [0, 0.05) is 12.1 Å². The first-order chi connectivity index (χ1) is 14.6. The summed E-state index contributed by atoms with van der Waals surface area (Å²) < 4.78 is 55.8. The van der Waals surface area contributed by atoms with E-state index in [-0.39, 0.29) is 16.2 Å². The summed E-state index contributed by atoms with van der Waals surface area (Å²) >= 11 is 3.03. The molecular weight excluding hydrogens is 482 g/mol. The van der Waals surface area contributed by atoms with Crippen LogP contribution in [-0.2, 0) is 17.5 Å². The van der Waals surface area contributed by atoms with Crippen molar-refractivity contribution in [1.82, 2.24) is 19.6 Å². The van der Waals surface area contributed by atoms with E-state index in [0.717, 1.165) is 17.5 Å². The number of aromatic nitrogens is 4. The summed E-state index contributed by atoms with van der Waals surface area (Å²) in [6, 6.07) is 5.10. The summed E-state index contributed by atoms with van der Waals surface area (Å²) in [5.74, 6) is -0.930. The molecule has 1 amide bonds. The molecule has 0 aliphatic heterocycles. The molecule has 31 heavy (non-hydrogen) atoms. The number of hydrogen-bond acceptors (Lipinski definition) is 3. The maximum atomic E-state index is 13.3. The van der Waals surface area contributed by atoms with E-state index >= 15 is 0 Å². The van der Waals surface area contributed by atoms with Crippen LogP contribution in [0.15, 0.2) is 41.1 Å². The Kier molecular flexibility index (Phi) is 5.63. The fourth-order valence-electron chi connectivity index (χ4n) is 3.32. The van der Waals surface area contributed by atoms with E-state index in [2.05, 4.69) is 31.4 Å². The molecular formula is C20H18BrF4N5O. The van der Waals surface area contributed by atoms with Gasteiger partial charge in [-0.15, -0.1) is 0 Å². The lowest BCUT2D eigenvalue weighted by Crippen LogP contribution is -2.26. The second kappa shape index (κ2) is 8.10. The molecule has 1 N–H and O–H groups in total. The number of amides is 1. The molecule has 1 atom stereocenters. The van der Waals surface area contributed by atoms with Gasteiger partial charge in [0.1, 0.15) is 11.9 Å². The van der Waals surface area contributed by atoms with Crippen LogP contribution in [0.4, 0.5) is 23.2 Å². The number of alkyl halides is 3. The van der Waals surface area contributed by atoms with E-state index < -0.39 is 23.8 Å². The minimum absolute atomic E-state index is 0.0535. The van der Waals surface area contributed by atoms with Crippen LogP contribution in [0.1, 0.15) is 48.7 Å². The van der Waals surface area contributed by atoms with Crippen molar-refractivity contribution in [2.75, 3.05) is 5.32 Å². The zero-order valence-corrected chi connectivity index (χ0v) is 17.9. The predicted molar refractivity (Wildman–Crippen MR) is 108 cm³/mol. The van der Waals surface area contributed by atoms with Crippen molar-refractivity contribution in [2.45, 2.75) is 44.4 Å². The van der Waals surface area contributed by atoms with Crippen LogP contribution in [0, 0.1) is 5.82 Å². The minimum Gasteiger partial charge on any atom is -0.322 e. The fourth-order valence-corrected chi connectivity index (χ4v) is 4.13. The fraction of sp³-hybridized carbons (Fsp3) is 0.350. The Bertz CT molecular complexity index is 1120. The number of anilines is 1. The van der Waals surface area contributed by atoms with Gasteiger partial charge in [-0.1, -0.05) is 12.1 Å². The van der Waals surface area contributed by atoms with Crippen LogP contribution in [0.25, 0.3) is 0 Å².